The summed E-state index contributed by atoms with van der Waals surface area (Å²) in [5.41, 5.74) is 4.18. The molecule has 0 atom stereocenters. The lowest BCUT2D eigenvalue weighted by atomic mass is 10.1. The van der Waals surface area contributed by atoms with E-state index in [1.807, 2.05) is 24.3 Å². The van der Waals surface area contributed by atoms with Crippen molar-refractivity contribution < 1.29 is 0 Å². The third-order valence-electron chi connectivity index (χ3n) is 3.64. The van der Waals surface area contributed by atoms with E-state index in [0.29, 0.717) is 22.3 Å². The van der Waals surface area contributed by atoms with Crippen molar-refractivity contribution in [3.63, 3.8) is 0 Å². The molecule has 2 rings (SSSR count). The number of benzene rings is 2. The van der Waals surface area contributed by atoms with E-state index in [9.17, 15) is 0 Å². The predicted molar refractivity (Wildman–Crippen MR) is 131 cm³/mol. The molecular formula is C22H28N4S2. The van der Waals surface area contributed by atoms with Gasteiger partial charge >= 0.3 is 0 Å². The lowest BCUT2D eigenvalue weighted by molar-refractivity contribution is 0.739. The largest absolute Gasteiger partial charge is 0.360 e. The van der Waals surface area contributed by atoms with Crippen molar-refractivity contribution >= 4 is 58.2 Å². The molecule has 2 aromatic rings. The van der Waals surface area contributed by atoms with Crippen LogP contribution in [-0.2, 0) is 0 Å². The van der Waals surface area contributed by atoms with Crippen LogP contribution in [0.2, 0.25) is 0 Å². The Morgan fingerprint density at radius 3 is 1.25 bits per heavy atom. The first-order chi connectivity index (χ1) is 13.3. The molecule has 148 valence electrons. The lowest BCUT2D eigenvalue weighted by Gasteiger charge is -2.13. The average molecular weight is 413 g/mol. The van der Waals surface area contributed by atoms with Gasteiger partial charge < -0.3 is 21.3 Å². The van der Waals surface area contributed by atoms with Gasteiger partial charge in [0, 0.05) is 23.5 Å². The maximum absolute atomic E-state index is 5.26. The van der Waals surface area contributed by atoms with Gasteiger partial charge in [0.2, 0.25) is 0 Å². The van der Waals surface area contributed by atoms with E-state index in [0.717, 1.165) is 22.5 Å². The summed E-state index contributed by atoms with van der Waals surface area (Å²) in [7, 11) is 0. The van der Waals surface area contributed by atoms with Crippen molar-refractivity contribution in [1.82, 2.24) is 10.6 Å². The van der Waals surface area contributed by atoms with Gasteiger partial charge in [0.15, 0.2) is 10.2 Å². The molecule has 0 aromatic heterocycles. The molecule has 0 aliphatic heterocycles. The van der Waals surface area contributed by atoms with Gasteiger partial charge in [-0.2, -0.15) is 0 Å². The molecule has 4 N–H and O–H groups in total. The fourth-order valence-electron chi connectivity index (χ4n) is 2.41. The minimum absolute atomic E-state index is 0.311. The quantitative estimate of drug-likeness (QED) is 0.384. The van der Waals surface area contributed by atoms with E-state index < -0.39 is 0 Å². The van der Waals surface area contributed by atoms with Crippen LogP contribution in [0.25, 0.3) is 12.2 Å². The molecule has 2 aromatic carbocycles. The third-order valence-corrected chi connectivity index (χ3v) is 4.08. The van der Waals surface area contributed by atoms with Crippen LogP contribution in [0.15, 0.2) is 48.5 Å². The van der Waals surface area contributed by atoms with Gasteiger partial charge in [0.05, 0.1) is 0 Å². The Balaban J connectivity index is 1.91. The van der Waals surface area contributed by atoms with Gasteiger partial charge in [0.25, 0.3) is 0 Å². The highest BCUT2D eigenvalue weighted by atomic mass is 32.1. The van der Waals surface area contributed by atoms with Crippen molar-refractivity contribution in [2.24, 2.45) is 0 Å². The summed E-state index contributed by atoms with van der Waals surface area (Å²) in [6.45, 7) is 8.23. The second kappa shape index (κ2) is 10.8. The predicted octanol–water partition coefficient (Wildman–Crippen LogP) is 5.25. The number of nitrogens with one attached hydrogen (secondary N) is 4. The Bertz CT molecular complexity index is 740. The SMILES string of the molecule is CC(C)NC(=S)Nc1ccc(C=Cc2ccc(NC(=S)NC(C)C)cc2)cc1. The van der Waals surface area contributed by atoms with Crippen LogP contribution in [0.5, 0.6) is 0 Å². The van der Waals surface area contributed by atoms with Crippen molar-refractivity contribution in [3.8, 4) is 0 Å². The first-order valence-electron chi connectivity index (χ1n) is 9.35. The summed E-state index contributed by atoms with van der Waals surface area (Å²) in [6.07, 6.45) is 4.17. The molecule has 0 bridgehead atoms. The van der Waals surface area contributed by atoms with Gasteiger partial charge in [0.1, 0.15) is 0 Å². The number of thiocarbonyl (C=S) groups is 2. The van der Waals surface area contributed by atoms with Gasteiger partial charge in [-0.25, -0.2) is 0 Å². The maximum Gasteiger partial charge on any atom is 0.170 e. The molecule has 6 heteroatoms. The number of rotatable bonds is 6. The molecular weight excluding hydrogens is 384 g/mol. The molecule has 28 heavy (non-hydrogen) atoms. The lowest BCUT2D eigenvalue weighted by Crippen LogP contribution is -2.33. The van der Waals surface area contributed by atoms with Crippen LogP contribution >= 0.6 is 24.4 Å². The second-order valence-electron chi connectivity index (χ2n) is 7.08. The van der Waals surface area contributed by atoms with Crippen molar-refractivity contribution in [2.45, 2.75) is 39.8 Å². The van der Waals surface area contributed by atoms with Gasteiger partial charge in [-0.3, -0.25) is 0 Å². The zero-order valence-electron chi connectivity index (χ0n) is 16.7. The molecule has 0 radical (unpaired) electrons. The smallest absolute Gasteiger partial charge is 0.170 e. The van der Waals surface area contributed by atoms with Crippen LogP contribution in [0.3, 0.4) is 0 Å². The summed E-state index contributed by atoms with van der Waals surface area (Å²) in [6, 6.07) is 16.9. The first kappa shape index (κ1) is 21.9. The number of hydrogen-bond acceptors (Lipinski definition) is 2. The maximum atomic E-state index is 5.26. The highest BCUT2D eigenvalue weighted by molar-refractivity contribution is 7.80. The molecule has 0 saturated carbocycles. The average Bonchev–Trinajstić information content (AvgIpc) is 2.61. The Kier molecular flexibility index (Phi) is 8.42. The van der Waals surface area contributed by atoms with Crippen molar-refractivity contribution in [1.29, 1.82) is 0 Å². The molecule has 0 spiro atoms. The Hall–Kier alpha value is -2.44. The summed E-state index contributed by atoms with van der Waals surface area (Å²) in [4.78, 5) is 0. The first-order valence-corrected chi connectivity index (χ1v) is 10.2. The summed E-state index contributed by atoms with van der Waals surface area (Å²) < 4.78 is 0. The summed E-state index contributed by atoms with van der Waals surface area (Å²) in [5.74, 6) is 0. The standard InChI is InChI=1S/C22H28N4S2/c1-15(2)23-21(27)25-19-11-7-17(8-12-19)5-6-18-9-13-20(14-10-18)26-22(28)24-16(3)4/h5-16H,1-4H3,(H2,23,25,27)(H2,24,26,28). The van der Waals surface area contributed by atoms with Gasteiger partial charge in [-0.1, -0.05) is 36.4 Å². The van der Waals surface area contributed by atoms with Crippen LogP contribution in [0.4, 0.5) is 11.4 Å². The third kappa shape index (κ3) is 8.06. The number of anilines is 2. The zero-order valence-corrected chi connectivity index (χ0v) is 18.4. The molecule has 0 heterocycles. The monoisotopic (exact) mass is 412 g/mol. The fourth-order valence-corrected chi connectivity index (χ4v) is 3.11. The highest BCUT2D eigenvalue weighted by Crippen LogP contribution is 2.15. The van der Waals surface area contributed by atoms with Crippen molar-refractivity contribution in [2.75, 3.05) is 10.6 Å². The topological polar surface area (TPSA) is 48.1 Å². The summed E-state index contributed by atoms with van der Waals surface area (Å²) >= 11 is 10.5. The molecule has 0 unspecified atom stereocenters. The summed E-state index contributed by atoms with van der Waals surface area (Å²) in [5, 5.41) is 14.0. The van der Waals surface area contributed by atoms with E-state index in [-0.39, 0.29) is 0 Å². The van der Waals surface area contributed by atoms with E-state index in [4.69, 9.17) is 24.4 Å². The van der Waals surface area contributed by atoms with E-state index in [2.05, 4.69) is 85.4 Å². The van der Waals surface area contributed by atoms with Gasteiger partial charge in [-0.15, -0.1) is 0 Å². The van der Waals surface area contributed by atoms with E-state index in [1.165, 1.54) is 0 Å². The normalized spacial score (nSPS) is 10.9. The van der Waals surface area contributed by atoms with Gasteiger partial charge in [-0.05, 0) is 87.5 Å². The van der Waals surface area contributed by atoms with E-state index in [1.54, 1.807) is 0 Å². The Labute approximate surface area is 178 Å². The van der Waals surface area contributed by atoms with Crippen molar-refractivity contribution in [3.05, 3.63) is 59.7 Å². The van der Waals surface area contributed by atoms with Crippen LogP contribution in [0.1, 0.15) is 38.8 Å². The molecule has 4 nitrogen and oxygen atoms in total. The second-order valence-corrected chi connectivity index (χ2v) is 7.90. The molecule has 0 fully saturated rings. The minimum atomic E-state index is 0.311. The zero-order chi connectivity index (χ0) is 20.5. The van der Waals surface area contributed by atoms with Crippen LogP contribution in [-0.4, -0.2) is 22.3 Å². The van der Waals surface area contributed by atoms with Crippen LogP contribution in [0, 0.1) is 0 Å². The molecule has 0 aliphatic rings. The van der Waals surface area contributed by atoms with E-state index >= 15 is 0 Å². The molecule has 0 aliphatic carbocycles. The number of hydrogen-bond donors (Lipinski definition) is 4. The molecule has 0 amide bonds. The highest BCUT2D eigenvalue weighted by Gasteiger charge is 2.00. The van der Waals surface area contributed by atoms with Crippen LogP contribution < -0.4 is 21.3 Å². The Morgan fingerprint density at radius 1 is 0.643 bits per heavy atom. The minimum Gasteiger partial charge on any atom is -0.360 e. The molecule has 0 saturated heterocycles. The fraction of sp³-hybridized carbons (Fsp3) is 0.273. The Morgan fingerprint density at radius 2 is 0.964 bits per heavy atom.